The third kappa shape index (κ3) is 6.82. The summed E-state index contributed by atoms with van der Waals surface area (Å²) in [7, 11) is 0. The van der Waals surface area contributed by atoms with Crippen LogP contribution in [0.25, 0.3) is 0 Å². The monoisotopic (exact) mass is 557 g/mol. The number of carboxylic acid groups (broad SMARTS) is 1. The summed E-state index contributed by atoms with van der Waals surface area (Å²) in [6, 6.07) is 33.4. The maximum atomic E-state index is 12.2. The first kappa shape index (κ1) is 28.7. The standard InChI is InChI=1S/C33H32ClNO5/c1-32(2,3)40-31(38)35-29(30(36)37)22-23-18-20-26(21-19-23)39-33(24-12-6-4-7-13-24,25-14-8-5-9-15-25)27-16-10-11-17-28(27)34/h4-21,29H,22H2,1-3H3,(H,35,38)(H,36,37)/t29-/m0/s1. The lowest BCUT2D eigenvalue weighted by Gasteiger charge is -2.37. The van der Waals surface area contributed by atoms with E-state index in [-0.39, 0.29) is 6.42 Å². The van der Waals surface area contributed by atoms with E-state index in [1.54, 1.807) is 45.0 Å². The minimum absolute atomic E-state index is 0.0713. The third-order valence-corrected chi connectivity index (χ3v) is 6.57. The highest BCUT2D eigenvalue weighted by Gasteiger charge is 2.40. The van der Waals surface area contributed by atoms with Crippen LogP contribution in [0.2, 0.25) is 5.02 Å². The van der Waals surface area contributed by atoms with Crippen molar-refractivity contribution in [1.29, 1.82) is 0 Å². The molecule has 4 aromatic carbocycles. The van der Waals surface area contributed by atoms with Crippen LogP contribution < -0.4 is 10.1 Å². The van der Waals surface area contributed by atoms with E-state index < -0.39 is 29.3 Å². The molecule has 1 amide bonds. The summed E-state index contributed by atoms with van der Waals surface area (Å²) in [4.78, 5) is 24.0. The number of hydrogen-bond donors (Lipinski definition) is 2. The van der Waals surface area contributed by atoms with Crippen molar-refractivity contribution in [2.75, 3.05) is 0 Å². The topological polar surface area (TPSA) is 84.9 Å². The van der Waals surface area contributed by atoms with Gasteiger partial charge in [-0.15, -0.1) is 0 Å². The predicted molar refractivity (Wildman–Crippen MR) is 156 cm³/mol. The number of carbonyl (C=O) groups excluding carboxylic acids is 1. The van der Waals surface area contributed by atoms with Crippen LogP contribution in [0.1, 0.15) is 43.0 Å². The van der Waals surface area contributed by atoms with Crippen molar-refractivity contribution in [2.45, 2.75) is 44.4 Å². The fourth-order valence-electron chi connectivity index (χ4n) is 4.50. The van der Waals surface area contributed by atoms with Crippen molar-refractivity contribution in [3.63, 3.8) is 0 Å². The van der Waals surface area contributed by atoms with Crippen molar-refractivity contribution in [3.8, 4) is 5.75 Å². The maximum Gasteiger partial charge on any atom is 0.408 e. The van der Waals surface area contributed by atoms with Crippen molar-refractivity contribution < 1.29 is 24.2 Å². The summed E-state index contributed by atoms with van der Waals surface area (Å²) >= 11 is 6.79. The number of aliphatic carboxylic acids is 1. The number of alkyl carbamates (subject to hydrolysis) is 1. The van der Waals surface area contributed by atoms with Gasteiger partial charge in [0.05, 0.1) is 0 Å². The molecule has 2 N–H and O–H groups in total. The Morgan fingerprint density at radius 1 is 0.800 bits per heavy atom. The summed E-state index contributed by atoms with van der Waals surface area (Å²) < 4.78 is 12.1. The van der Waals surface area contributed by atoms with E-state index in [1.807, 2.05) is 84.9 Å². The highest BCUT2D eigenvalue weighted by molar-refractivity contribution is 6.31. The molecule has 0 aromatic heterocycles. The summed E-state index contributed by atoms with van der Waals surface area (Å²) in [5, 5.41) is 12.7. The Balaban J connectivity index is 1.69. The van der Waals surface area contributed by atoms with Crippen molar-refractivity contribution in [2.24, 2.45) is 0 Å². The largest absolute Gasteiger partial charge is 0.480 e. The molecule has 7 heteroatoms. The minimum Gasteiger partial charge on any atom is -0.480 e. The number of hydrogen-bond acceptors (Lipinski definition) is 4. The summed E-state index contributed by atoms with van der Waals surface area (Å²) in [5.41, 5.74) is 1.48. The molecule has 0 aliphatic heterocycles. The predicted octanol–water partition coefficient (Wildman–Crippen LogP) is 7.23. The maximum absolute atomic E-state index is 12.2. The number of nitrogens with one attached hydrogen (secondary N) is 1. The highest BCUT2D eigenvalue weighted by atomic mass is 35.5. The fraction of sp³-hybridized carbons (Fsp3) is 0.212. The van der Waals surface area contributed by atoms with Crippen molar-refractivity contribution in [3.05, 3.63) is 136 Å². The first-order valence-corrected chi connectivity index (χ1v) is 13.3. The smallest absolute Gasteiger partial charge is 0.408 e. The number of rotatable bonds is 9. The molecule has 40 heavy (non-hydrogen) atoms. The first-order chi connectivity index (χ1) is 19.1. The molecule has 4 aromatic rings. The van der Waals surface area contributed by atoms with Gasteiger partial charge in [-0.05, 0) is 44.5 Å². The molecule has 0 spiro atoms. The molecule has 206 valence electrons. The number of ether oxygens (including phenoxy) is 2. The molecule has 0 saturated carbocycles. The van der Waals surface area contributed by atoms with Gasteiger partial charge in [0, 0.05) is 28.1 Å². The molecule has 0 heterocycles. The second-order valence-electron chi connectivity index (χ2n) is 10.4. The average molecular weight is 558 g/mol. The lowest BCUT2D eigenvalue weighted by Crippen LogP contribution is -2.44. The minimum atomic E-state index is -1.16. The van der Waals surface area contributed by atoms with E-state index >= 15 is 0 Å². The zero-order valence-corrected chi connectivity index (χ0v) is 23.4. The van der Waals surface area contributed by atoms with E-state index in [1.165, 1.54) is 0 Å². The quantitative estimate of drug-likeness (QED) is 0.212. The Kier molecular flexibility index (Phi) is 8.80. The van der Waals surface area contributed by atoms with Gasteiger partial charge in [0.1, 0.15) is 17.4 Å². The van der Waals surface area contributed by atoms with Crippen LogP contribution in [-0.4, -0.2) is 28.8 Å². The molecule has 0 saturated heterocycles. The van der Waals surface area contributed by atoms with Gasteiger partial charge in [0.2, 0.25) is 0 Å². The molecule has 1 atom stereocenters. The Labute approximate surface area is 239 Å². The molecule has 0 aliphatic rings. The highest BCUT2D eigenvalue weighted by Crippen LogP contribution is 2.43. The Hall–Kier alpha value is -4.29. The number of benzene rings is 4. The number of carbonyl (C=O) groups is 2. The van der Waals surface area contributed by atoms with Crippen molar-refractivity contribution >= 4 is 23.7 Å². The normalized spacial score (nSPS) is 12.3. The second-order valence-corrected chi connectivity index (χ2v) is 10.8. The fourth-order valence-corrected chi connectivity index (χ4v) is 4.77. The van der Waals surface area contributed by atoms with Crippen LogP contribution in [0, 0.1) is 0 Å². The molecule has 6 nitrogen and oxygen atoms in total. The zero-order valence-electron chi connectivity index (χ0n) is 22.6. The molecule has 0 unspecified atom stereocenters. The van der Waals surface area contributed by atoms with Gasteiger partial charge in [-0.25, -0.2) is 9.59 Å². The molecule has 0 bridgehead atoms. The van der Waals surface area contributed by atoms with Crippen LogP contribution in [0.3, 0.4) is 0 Å². The first-order valence-electron chi connectivity index (χ1n) is 12.9. The van der Waals surface area contributed by atoms with Gasteiger partial charge >= 0.3 is 12.1 Å². The van der Waals surface area contributed by atoms with E-state index in [0.29, 0.717) is 16.3 Å². The summed E-state index contributed by atoms with van der Waals surface area (Å²) in [5.74, 6) is -0.597. The van der Waals surface area contributed by atoms with E-state index in [0.717, 1.165) is 16.7 Å². The Morgan fingerprint density at radius 2 is 1.32 bits per heavy atom. The van der Waals surface area contributed by atoms with Crippen LogP contribution in [0.15, 0.2) is 109 Å². The Morgan fingerprint density at radius 3 is 1.82 bits per heavy atom. The molecule has 0 radical (unpaired) electrons. The SMILES string of the molecule is CC(C)(C)OC(=O)N[C@@H](Cc1ccc(OC(c2ccccc2)(c2ccccc2)c2ccccc2Cl)cc1)C(=O)O. The van der Waals surface area contributed by atoms with Gasteiger partial charge in [-0.3, -0.25) is 0 Å². The third-order valence-electron chi connectivity index (χ3n) is 6.24. The lowest BCUT2D eigenvalue weighted by molar-refractivity contribution is -0.139. The van der Waals surface area contributed by atoms with Crippen LogP contribution in [0.5, 0.6) is 5.75 Å². The van der Waals surface area contributed by atoms with Gasteiger partial charge in [0.25, 0.3) is 0 Å². The van der Waals surface area contributed by atoms with Crippen LogP contribution in [-0.2, 0) is 21.6 Å². The van der Waals surface area contributed by atoms with Gasteiger partial charge in [-0.1, -0.05) is 103 Å². The van der Waals surface area contributed by atoms with E-state index in [4.69, 9.17) is 21.1 Å². The van der Waals surface area contributed by atoms with Gasteiger partial charge in [-0.2, -0.15) is 0 Å². The number of halogens is 1. The molecule has 0 aliphatic carbocycles. The Bertz CT molecular complexity index is 1390. The van der Waals surface area contributed by atoms with Crippen molar-refractivity contribution in [1.82, 2.24) is 5.32 Å². The molecular weight excluding hydrogens is 526 g/mol. The summed E-state index contributed by atoms with van der Waals surface area (Å²) in [6.45, 7) is 5.15. The molecular formula is C33H32ClNO5. The van der Waals surface area contributed by atoms with Crippen LogP contribution >= 0.6 is 11.6 Å². The second kappa shape index (κ2) is 12.3. The van der Waals surface area contributed by atoms with Gasteiger partial charge in [0.15, 0.2) is 5.60 Å². The summed E-state index contributed by atoms with van der Waals surface area (Å²) in [6.07, 6.45) is -0.711. The average Bonchev–Trinajstić information content (AvgIpc) is 2.92. The molecule has 0 fully saturated rings. The zero-order chi connectivity index (χ0) is 28.8. The molecule has 4 rings (SSSR count). The van der Waals surface area contributed by atoms with Crippen LogP contribution in [0.4, 0.5) is 4.79 Å². The van der Waals surface area contributed by atoms with E-state index in [9.17, 15) is 14.7 Å². The van der Waals surface area contributed by atoms with Gasteiger partial charge < -0.3 is 19.9 Å². The number of amides is 1. The number of carboxylic acids is 1. The van der Waals surface area contributed by atoms with E-state index in [2.05, 4.69) is 5.32 Å². The lowest BCUT2D eigenvalue weighted by atomic mass is 9.80.